The van der Waals surface area contributed by atoms with Gasteiger partial charge in [0.15, 0.2) is 0 Å². The maximum atomic E-state index is 9.24. The second-order valence-electron chi connectivity index (χ2n) is 8.61. The maximum Gasteiger partial charge on any atom is 0.229 e. The third-order valence-electron chi connectivity index (χ3n) is 5.92. The molecule has 0 saturated carbocycles. The number of para-hydroxylation sites is 1. The van der Waals surface area contributed by atoms with Crippen molar-refractivity contribution in [1.82, 2.24) is 15.3 Å². The number of nitriles is 1. The van der Waals surface area contributed by atoms with E-state index in [0.717, 1.165) is 36.2 Å². The lowest BCUT2D eigenvalue weighted by Gasteiger charge is -2.22. The van der Waals surface area contributed by atoms with Gasteiger partial charge in [-0.25, -0.2) is 4.98 Å². The van der Waals surface area contributed by atoms with Gasteiger partial charge >= 0.3 is 0 Å². The second-order valence-corrected chi connectivity index (χ2v) is 8.61. The molecule has 166 valence electrons. The number of hydrogen-bond acceptors (Lipinski definition) is 7. The van der Waals surface area contributed by atoms with Crippen LogP contribution >= 0.6 is 0 Å². The van der Waals surface area contributed by atoms with Gasteiger partial charge in [0.25, 0.3) is 0 Å². The minimum atomic E-state index is 0.458. The summed E-state index contributed by atoms with van der Waals surface area (Å²) in [7, 11) is 0. The maximum absolute atomic E-state index is 9.24. The number of anilines is 4. The first kappa shape index (κ1) is 21.8. The van der Waals surface area contributed by atoms with Crippen LogP contribution in [0.25, 0.3) is 10.9 Å². The van der Waals surface area contributed by atoms with Gasteiger partial charge in [-0.1, -0.05) is 31.9 Å². The third kappa shape index (κ3) is 5.09. The van der Waals surface area contributed by atoms with E-state index in [1.165, 1.54) is 19.3 Å². The summed E-state index contributed by atoms with van der Waals surface area (Å²) in [6.45, 7) is 6.39. The van der Waals surface area contributed by atoms with Crippen LogP contribution in [-0.2, 0) is 0 Å². The highest BCUT2D eigenvalue weighted by Crippen LogP contribution is 2.29. The molecule has 2 heterocycles. The Bertz CT molecular complexity index is 1120. The van der Waals surface area contributed by atoms with Gasteiger partial charge in [-0.15, -0.1) is 0 Å². The van der Waals surface area contributed by atoms with Crippen LogP contribution in [0.1, 0.15) is 45.1 Å². The molecule has 4 N–H and O–H groups in total. The summed E-state index contributed by atoms with van der Waals surface area (Å²) in [6, 6.07) is 16.4. The Labute approximate surface area is 189 Å². The van der Waals surface area contributed by atoms with Crippen molar-refractivity contribution < 1.29 is 0 Å². The van der Waals surface area contributed by atoms with Gasteiger partial charge in [0.1, 0.15) is 5.82 Å². The molecule has 1 aromatic heterocycles. The SMILES string of the molecule is CCCCC(C)NC1CCN(c2nc(Nc3cc(N)cc(C#N)c3)nc3ccccc23)C1. The fourth-order valence-electron chi connectivity index (χ4n) is 4.36. The summed E-state index contributed by atoms with van der Waals surface area (Å²) in [5, 5.41) is 17.3. The largest absolute Gasteiger partial charge is 0.399 e. The van der Waals surface area contributed by atoms with E-state index < -0.39 is 0 Å². The fraction of sp³-hybridized carbons (Fsp3) is 0.400. The summed E-state index contributed by atoms with van der Waals surface area (Å²) in [6.07, 6.45) is 4.79. The Morgan fingerprint density at radius 3 is 2.91 bits per heavy atom. The van der Waals surface area contributed by atoms with E-state index in [0.29, 0.717) is 35.0 Å². The first-order valence-corrected chi connectivity index (χ1v) is 11.4. The molecule has 1 aliphatic rings. The molecule has 2 unspecified atom stereocenters. The topological polar surface area (TPSA) is 103 Å². The molecule has 0 spiro atoms. The number of nitrogens with one attached hydrogen (secondary N) is 2. The van der Waals surface area contributed by atoms with Crippen molar-refractivity contribution in [2.45, 2.75) is 51.6 Å². The van der Waals surface area contributed by atoms with Crippen LogP contribution in [0.15, 0.2) is 42.5 Å². The quantitative estimate of drug-likeness (QED) is 0.451. The van der Waals surface area contributed by atoms with Gasteiger partial charge in [-0.05, 0) is 50.1 Å². The predicted octanol–water partition coefficient (Wildman–Crippen LogP) is 4.57. The van der Waals surface area contributed by atoms with Crippen LogP contribution < -0.4 is 21.3 Å². The first-order valence-electron chi connectivity index (χ1n) is 11.4. The minimum Gasteiger partial charge on any atom is -0.399 e. The van der Waals surface area contributed by atoms with E-state index in [1.807, 2.05) is 18.2 Å². The van der Waals surface area contributed by atoms with E-state index in [1.54, 1.807) is 18.2 Å². The number of fused-ring (bicyclic) bond motifs is 1. The summed E-state index contributed by atoms with van der Waals surface area (Å²) in [5.74, 6) is 1.44. The molecule has 4 rings (SSSR count). The summed E-state index contributed by atoms with van der Waals surface area (Å²) < 4.78 is 0. The van der Waals surface area contributed by atoms with Crippen LogP contribution in [-0.4, -0.2) is 35.1 Å². The molecular weight excluding hydrogens is 398 g/mol. The standard InChI is InChI=1S/C25H31N7/c1-3-4-7-17(2)28-20-10-11-32(16-20)24-22-8-5-6-9-23(22)30-25(31-24)29-21-13-18(15-26)12-19(27)14-21/h5-6,8-9,12-14,17,20,28H,3-4,7,10-11,16,27H2,1-2H3,(H,29,30,31). The van der Waals surface area contributed by atoms with Gasteiger partial charge in [0.2, 0.25) is 5.95 Å². The third-order valence-corrected chi connectivity index (χ3v) is 5.92. The molecule has 0 amide bonds. The van der Waals surface area contributed by atoms with Gasteiger partial charge in [0.05, 0.1) is 17.1 Å². The molecule has 0 radical (unpaired) electrons. The summed E-state index contributed by atoms with van der Waals surface area (Å²) in [4.78, 5) is 11.9. The lowest BCUT2D eigenvalue weighted by molar-refractivity contribution is 0.436. The highest BCUT2D eigenvalue weighted by molar-refractivity contribution is 5.91. The number of nitrogen functional groups attached to an aromatic ring is 1. The normalized spacial score (nSPS) is 16.8. The van der Waals surface area contributed by atoms with Gasteiger partial charge in [-0.2, -0.15) is 10.2 Å². The Morgan fingerprint density at radius 1 is 1.25 bits per heavy atom. The van der Waals surface area contributed by atoms with Crippen molar-refractivity contribution in [3.63, 3.8) is 0 Å². The zero-order chi connectivity index (χ0) is 22.5. The molecule has 7 nitrogen and oxygen atoms in total. The number of benzene rings is 2. The fourth-order valence-corrected chi connectivity index (χ4v) is 4.36. The molecule has 2 aromatic carbocycles. The van der Waals surface area contributed by atoms with E-state index in [-0.39, 0.29) is 0 Å². The van der Waals surface area contributed by atoms with Crippen molar-refractivity contribution in [2.75, 3.05) is 29.0 Å². The number of rotatable bonds is 8. The highest BCUT2D eigenvalue weighted by atomic mass is 15.3. The summed E-state index contributed by atoms with van der Waals surface area (Å²) >= 11 is 0. The smallest absolute Gasteiger partial charge is 0.229 e. The van der Waals surface area contributed by atoms with Crippen molar-refractivity contribution in [1.29, 1.82) is 5.26 Å². The average Bonchev–Trinajstić information content (AvgIpc) is 3.24. The van der Waals surface area contributed by atoms with Crippen LogP contribution in [0.3, 0.4) is 0 Å². The van der Waals surface area contributed by atoms with E-state index >= 15 is 0 Å². The Hall–Kier alpha value is -3.37. The predicted molar refractivity (Wildman–Crippen MR) is 131 cm³/mol. The van der Waals surface area contributed by atoms with Crippen molar-refractivity contribution >= 4 is 34.0 Å². The van der Waals surface area contributed by atoms with E-state index in [4.69, 9.17) is 15.7 Å². The van der Waals surface area contributed by atoms with Crippen LogP contribution in [0.5, 0.6) is 0 Å². The Balaban J connectivity index is 1.58. The highest BCUT2D eigenvalue weighted by Gasteiger charge is 2.26. The molecule has 1 fully saturated rings. The second kappa shape index (κ2) is 9.84. The molecule has 1 aliphatic heterocycles. The Morgan fingerprint density at radius 2 is 2.09 bits per heavy atom. The van der Waals surface area contributed by atoms with Gasteiger partial charge < -0.3 is 21.3 Å². The number of nitrogens with zero attached hydrogens (tertiary/aromatic N) is 4. The number of aromatic nitrogens is 2. The van der Waals surface area contributed by atoms with E-state index in [9.17, 15) is 5.26 Å². The van der Waals surface area contributed by atoms with Crippen LogP contribution in [0, 0.1) is 11.3 Å². The lowest BCUT2D eigenvalue weighted by atomic mass is 10.1. The lowest BCUT2D eigenvalue weighted by Crippen LogP contribution is -2.38. The van der Waals surface area contributed by atoms with E-state index in [2.05, 4.69) is 41.5 Å². The number of hydrogen-bond donors (Lipinski definition) is 3. The monoisotopic (exact) mass is 429 g/mol. The Kier molecular flexibility index (Phi) is 6.72. The molecule has 0 bridgehead atoms. The van der Waals surface area contributed by atoms with Crippen LogP contribution in [0.4, 0.5) is 23.1 Å². The summed E-state index contributed by atoms with van der Waals surface area (Å²) in [5.41, 5.74) is 8.56. The molecule has 3 aromatic rings. The molecule has 0 aliphatic carbocycles. The van der Waals surface area contributed by atoms with Crippen molar-refractivity contribution in [3.05, 3.63) is 48.0 Å². The van der Waals surface area contributed by atoms with Crippen LogP contribution in [0.2, 0.25) is 0 Å². The minimum absolute atomic E-state index is 0.458. The van der Waals surface area contributed by atoms with Crippen molar-refractivity contribution in [2.24, 2.45) is 0 Å². The first-order chi connectivity index (χ1) is 15.6. The number of unbranched alkanes of at least 4 members (excludes halogenated alkanes) is 1. The molecule has 7 heteroatoms. The van der Waals surface area contributed by atoms with Crippen molar-refractivity contribution in [3.8, 4) is 6.07 Å². The van der Waals surface area contributed by atoms with Gasteiger partial charge in [0, 0.05) is 41.9 Å². The molecule has 1 saturated heterocycles. The van der Waals surface area contributed by atoms with Gasteiger partial charge in [-0.3, -0.25) is 0 Å². The zero-order valence-corrected chi connectivity index (χ0v) is 18.8. The molecular formula is C25H31N7. The number of nitrogens with two attached hydrogens (primary N) is 1. The molecule has 32 heavy (non-hydrogen) atoms. The zero-order valence-electron chi connectivity index (χ0n) is 18.8. The average molecular weight is 430 g/mol. The molecule has 2 atom stereocenters.